The highest BCUT2D eigenvalue weighted by atomic mass is 17.2. The quantitative estimate of drug-likeness (QED) is 0.683. The third-order valence-electron chi connectivity index (χ3n) is 2.37. The second kappa shape index (κ2) is 3.40. The third-order valence-corrected chi connectivity index (χ3v) is 2.37. The molecule has 0 radical (unpaired) electrons. The van der Waals surface area contributed by atoms with Crippen LogP contribution in [-0.4, -0.2) is 6.61 Å². The number of rotatable bonds is 1. The van der Waals surface area contributed by atoms with E-state index < -0.39 is 0 Å². The molecule has 0 bridgehead atoms. The summed E-state index contributed by atoms with van der Waals surface area (Å²) in [5, 5.41) is 9.66. The monoisotopic (exact) mass is 213 g/mol. The number of hydrogen-bond donors (Lipinski definition) is 0. The number of fused-ring (bicyclic) bond motifs is 1. The smallest absolute Gasteiger partial charge is 0.206 e. The molecule has 1 aliphatic rings. The number of nitrogens with zero attached hydrogens (tertiary/aromatic N) is 1. The van der Waals surface area contributed by atoms with E-state index in [0.717, 1.165) is 11.0 Å². The summed E-state index contributed by atoms with van der Waals surface area (Å²) in [7, 11) is 0. The van der Waals surface area contributed by atoms with Crippen LogP contribution in [0.25, 0.3) is 16.7 Å². The molecule has 0 aliphatic carbocycles. The van der Waals surface area contributed by atoms with Crippen LogP contribution in [0.2, 0.25) is 0 Å². The van der Waals surface area contributed by atoms with Crippen molar-refractivity contribution >= 4 is 16.7 Å². The van der Waals surface area contributed by atoms with Gasteiger partial charge < -0.3 is 9.30 Å². The van der Waals surface area contributed by atoms with Crippen LogP contribution in [0.3, 0.4) is 0 Å². The first-order chi connectivity index (χ1) is 7.86. The van der Waals surface area contributed by atoms with E-state index in [-0.39, 0.29) is 0 Å². The average Bonchev–Trinajstić information content (AvgIpc) is 2.96. The van der Waals surface area contributed by atoms with Gasteiger partial charge in [-0.2, -0.15) is 10.1 Å². The maximum absolute atomic E-state index is 8.78. The molecule has 78 valence electrons. The Kier molecular flexibility index (Phi) is 1.92. The Morgan fingerprint density at radius 1 is 1.25 bits per heavy atom. The van der Waals surface area contributed by atoms with Gasteiger partial charge in [-0.15, -0.1) is 0 Å². The Hall–Kier alpha value is -2.25. The maximum Gasteiger partial charge on any atom is 0.206 e. The Morgan fingerprint density at radius 3 is 2.94 bits per heavy atom. The lowest BCUT2D eigenvalue weighted by Gasteiger charge is -1.94. The van der Waals surface area contributed by atoms with Crippen molar-refractivity contribution in [2.45, 2.75) is 0 Å². The maximum atomic E-state index is 8.78. The van der Waals surface area contributed by atoms with E-state index in [1.165, 1.54) is 0 Å². The summed E-state index contributed by atoms with van der Waals surface area (Å²) in [4.78, 5) is 9.67. The van der Waals surface area contributed by atoms with Gasteiger partial charge in [-0.25, -0.2) is 0 Å². The Morgan fingerprint density at radius 2 is 2.19 bits per heavy atom. The predicted molar refractivity (Wildman–Crippen MR) is 55.9 cm³/mol. The fraction of sp³-hybridized carbons (Fsp3) is 0.0833. The number of benzene rings is 1. The Bertz CT molecular complexity index is 619. The van der Waals surface area contributed by atoms with Crippen molar-refractivity contribution in [2.75, 3.05) is 6.61 Å². The molecule has 2 heterocycles. The minimum atomic E-state index is 0.426. The predicted octanol–water partition coefficient (Wildman–Crippen LogP) is 2.61. The SMILES string of the molecule is N#Cc1ccc2oc(C3=CCOO3)cc2c1. The molecule has 0 saturated heterocycles. The van der Waals surface area contributed by atoms with Crippen LogP contribution in [-0.2, 0) is 9.78 Å². The van der Waals surface area contributed by atoms with Crippen molar-refractivity contribution < 1.29 is 14.2 Å². The molecule has 1 aromatic carbocycles. The summed E-state index contributed by atoms with van der Waals surface area (Å²) < 4.78 is 5.57. The van der Waals surface area contributed by atoms with Crippen LogP contribution >= 0.6 is 0 Å². The fourth-order valence-electron chi connectivity index (χ4n) is 1.62. The van der Waals surface area contributed by atoms with Gasteiger partial charge in [0, 0.05) is 5.39 Å². The summed E-state index contributed by atoms with van der Waals surface area (Å²) in [5.41, 5.74) is 1.34. The molecule has 2 aromatic rings. The molecule has 0 amide bonds. The van der Waals surface area contributed by atoms with E-state index in [0.29, 0.717) is 23.7 Å². The molecule has 0 spiro atoms. The van der Waals surface area contributed by atoms with E-state index >= 15 is 0 Å². The van der Waals surface area contributed by atoms with Crippen LogP contribution in [0.4, 0.5) is 0 Å². The summed E-state index contributed by atoms with van der Waals surface area (Å²) in [6, 6.07) is 9.18. The summed E-state index contributed by atoms with van der Waals surface area (Å²) >= 11 is 0. The van der Waals surface area contributed by atoms with Crippen LogP contribution in [0, 0.1) is 11.3 Å². The van der Waals surface area contributed by atoms with E-state index in [9.17, 15) is 0 Å². The van der Waals surface area contributed by atoms with Gasteiger partial charge in [0.15, 0.2) is 5.76 Å². The van der Waals surface area contributed by atoms with Crippen molar-refractivity contribution in [3.05, 3.63) is 41.7 Å². The molecule has 0 fully saturated rings. The van der Waals surface area contributed by atoms with Gasteiger partial charge >= 0.3 is 0 Å². The molecular weight excluding hydrogens is 206 g/mol. The Labute approximate surface area is 91.2 Å². The lowest BCUT2D eigenvalue weighted by molar-refractivity contribution is -0.209. The molecule has 0 atom stereocenters. The highest BCUT2D eigenvalue weighted by Crippen LogP contribution is 2.27. The zero-order chi connectivity index (χ0) is 11.0. The lowest BCUT2D eigenvalue weighted by atomic mass is 10.2. The topological polar surface area (TPSA) is 55.4 Å². The first kappa shape index (κ1) is 9.01. The first-order valence-electron chi connectivity index (χ1n) is 4.80. The van der Waals surface area contributed by atoms with Gasteiger partial charge in [0.25, 0.3) is 0 Å². The minimum absolute atomic E-state index is 0.426. The molecule has 0 saturated carbocycles. The molecule has 0 N–H and O–H groups in total. The highest BCUT2D eigenvalue weighted by Gasteiger charge is 2.15. The summed E-state index contributed by atoms with van der Waals surface area (Å²) in [6.45, 7) is 0.426. The van der Waals surface area contributed by atoms with Gasteiger partial charge in [0.2, 0.25) is 5.76 Å². The molecule has 3 rings (SSSR count). The zero-order valence-electron chi connectivity index (χ0n) is 8.27. The van der Waals surface area contributed by atoms with Crippen LogP contribution in [0.5, 0.6) is 0 Å². The largest absolute Gasteiger partial charge is 0.453 e. The fourth-order valence-corrected chi connectivity index (χ4v) is 1.62. The first-order valence-corrected chi connectivity index (χ1v) is 4.80. The summed E-state index contributed by atoms with van der Waals surface area (Å²) in [5.74, 6) is 1.19. The van der Waals surface area contributed by atoms with E-state index in [1.807, 2.05) is 6.07 Å². The van der Waals surface area contributed by atoms with E-state index in [1.54, 1.807) is 24.3 Å². The van der Waals surface area contributed by atoms with Crippen molar-refractivity contribution in [2.24, 2.45) is 0 Å². The zero-order valence-corrected chi connectivity index (χ0v) is 8.27. The molecule has 0 unspecified atom stereocenters. The van der Waals surface area contributed by atoms with E-state index in [2.05, 4.69) is 6.07 Å². The van der Waals surface area contributed by atoms with Crippen LogP contribution in [0.1, 0.15) is 11.3 Å². The van der Waals surface area contributed by atoms with Gasteiger partial charge in [-0.3, -0.25) is 0 Å². The van der Waals surface area contributed by atoms with Crippen molar-refractivity contribution in [1.82, 2.24) is 0 Å². The Balaban J connectivity index is 2.12. The molecular formula is C12H7NO3. The minimum Gasteiger partial charge on any atom is -0.453 e. The van der Waals surface area contributed by atoms with Gasteiger partial charge in [0.05, 0.1) is 11.6 Å². The molecule has 1 aliphatic heterocycles. The second-order valence-corrected chi connectivity index (χ2v) is 3.41. The molecule has 4 heteroatoms. The van der Waals surface area contributed by atoms with Crippen LogP contribution < -0.4 is 0 Å². The number of furan rings is 1. The van der Waals surface area contributed by atoms with E-state index in [4.69, 9.17) is 19.5 Å². The van der Waals surface area contributed by atoms with Gasteiger partial charge in [0.1, 0.15) is 12.2 Å². The van der Waals surface area contributed by atoms with Crippen LogP contribution in [0.15, 0.2) is 34.8 Å². The van der Waals surface area contributed by atoms with Crippen molar-refractivity contribution in [3.8, 4) is 6.07 Å². The standard InChI is InChI=1S/C12H7NO3/c13-7-8-1-2-10-9(5-8)6-12(15-10)11-3-4-14-16-11/h1-3,5-6H,4H2. The molecule has 4 nitrogen and oxygen atoms in total. The lowest BCUT2D eigenvalue weighted by Crippen LogP contribution is -1.80. The van der Waals surface area contributed by atoms with Gasteiger partial charge in [-0.05, 0) is 30.3 Å². The normalized spacial score (nSPS) is 14.6. The summed E-state index contributed by atoms with van der Waals surface area (Å²) in [6.07, 6.45) is 1.79. The number of nitriles is 1. The average molecular weight is 213 g/mol. The van der Waals surface area contributed by atoms with Crippen molar-refractivity contribution in [1.29, 1.82) is 5.26 Å². The van der Waals surface area contributed by atoms with Gasteiger partial charge in [-0.1, -0.05) is 0 Å². The van der Waals surface area contributed by atoms with Crippen molar-refractivity contribution in [3.63, 3.8) is 0 Å². The third kappa shape index (κ3) is 1.35. The highest BCUT2D eigenvalue weighted by molar-refractivity contribution is 5.82. The molecule has 1 aromatic heterocycles. The molecule has 16 heavy (non-hydrogen) atoms. The number of hydrogen-bond acceptors (Lipinski definition) is 4. The second-order valence-electron chi connectivity index (χ2n) is 3.41.